The number of aryl methyl sites for hydroxylation is 3. The van der Waals surface area contributed by atoms with Crippen molar-refractivity contribution in [3.05, 3.63) is 87.2 Å². The maximum atomic E-state index is 12.9. The number of nitrogens with zero attached hydrogens (tertiary/aromatic N) is 4. The summed E-state index contributed by atoms with van der Waals surface area (Å²) in [4.78, 5) is 25.1. The normalized spacial score (nSPS) is 11.1. The molecule has 0 fully saturated rings. The fourth-order valence-electron chi connectivity index (χ4n) is 3.35. The third-order valence-electron chi connectivity index (χ3n) is 5.24. The van der Waals surface area contributed by atoms with E-state index in [1.165, 1.54) is 5.56 Å². The lowest BCUT2D eigenvalue weighted by atomic mass is 10.1. The number of carbonyl (C=O) groups excluding carboxylic acids is 1. The van der Waals surface area contributed by atoms with E-state index in [9.17, 15) is 9.59 Å². The Bertz CT molecular complexity index is 1310. The standard InChI is InChI=1S/C23H22ClN5O2/c1-15-6-11-19(14-16(15)2)28-12-13-29-20(26-27-22(29)23(28)31)4-3-5-21(30)25-18-9-7-17(24)8-10-18/h6-14H,3-5H2,1-2H3,(H,25,30). The first-order valence-corrected chi connectivity index (χ1v) is 10.4. The Balaban J connectivity index is 1.45. The van der Waals surface area contributed by atoms with Crippen molar-refractivity contribution >= 4 is 28.8 Å². The Kier molecular flexibility index (Phi) is 5.86. The quantitative estimate of drug-likeness (QED) is 0.494. The number of fused-ring (bicyclic) bond motifs is 1. The van der Waals surface area contributed by atoms with Gasteiger partial charge >= 0.3 is 5.56 Å². The second kappa shape index (κ2) is 8.73. The minimum absolute atomic E-state index is 0.0896. The van der Waals surface area contributed by atoms with Crippen molar-refractivity contribution in [2.24, 2.45) is 0 Å². The molecule has 2 heterocycles. The molecule has 0 aliphatic heterocycles. The molecule has 4 aromatic rings. The van der Waals surface area contributed by atoms with Crippen LogP contribution in [0.3, 0.4) is 0 Å². The van der Waals surface area contributed by atoms with Crippen LogP contribution in [0.4, 0.5) is 5.69 Å². The van der Waals surface area contributed by atoms with Crippen LogP contribution >= 0.6 is 11.6 Å². The number of aromatic nitrogens is 4. The summed E-state index contributed by atoms with van der Waals surface area (Å²) >= 11 is 5.85. The number of benzene rings is 2. The second-order valence-corrected chi connectivity index (χ2v) is 7.90. The lowest BCUT2D eigenvalue weighted by molar-refractivity contribution is -0.116. The van der Waals surface area contributed by atoms with Crippen LogP contribution in [0.1, 0.15) is 29.8 Å². The van der Waals surface area contributed by atoms with Crippen molar-refractivity contribution < 1.29 is 4.79 Å². The van der Waals surface area contributed by atoms with Crippen molar-refractivity contribution in [1.29, 1.82) is 0 Å². The van der Waals surface area contributed by atoms with E-state index in [1.807, 2.05) is 32.0 Å². The molecule has 8 heteroatoms. The molecule has 7 nitrogen and oxygen atoms in total. The van der Waals surface area contributed by atoms with Crippen LogP contribution in [0.5, 0.6) is 0 Å². The zero-order chi connectivity index (χ0) is 22.0. The highest BCUT2D eigenvalue weighted by Gasteiger charge is 2.12. The zero-order valence-corrected chi connectivity index (χ0v) is 18.1. The van der Waals surface area contributed by atoms with E-state index in [0.29, 0.717) is 35.8 Å². The van der Waals surface area contributed by atoms with Gasteiger partial charge < -0.3 is 5.32 Å². The SMILES string of the molecule is Cc1ccc(-n2ccn3c(CCCC(=O)Nc4ccc(Cl)cc4)nnc3c2=O)cc1C. The van der Waals surface area contributed by atoms with Crippen LogP contribution in [0.25, 0.3) is 11.3 Å². The number of hydrogen-bond donors (Lipinski definition) is 1. The van der Waals surface area contributed by atoms with E-state index in [0.717, 1.165) is 11.3 Å². The van der Waals surface area contributed by atoms with Gasteiger partial charge in [-0.3, -0.25) is 18.6 Å². The summed E-state index contributed by atoms with van der Waals surface area (Å²) in [6, 6.07) is 12.8. The summed E-state index contributed by atoms with van der Waals surface area (Å²) < 4.78 is 3.26. The average molecular weight is 436 g/mol. The smallest absolute Gasteiger partial charge is 0.300 e. The number of amides is 1. The molecule has 2 aromatic heterocycles. The van der Waals surface area contributed by atoms with Crippen LogP contribution in [0.2, 0.25) is 5.02 Å². The van der Waals surface area contributed by atoms with Crippen LogP contribution in [-0.4, -0.2) is 25.1 Å². The molecular formula is C23H22ClN5O2. The Morgan fingerprint density at radius 2 is 1.81 bits per heavy atom. The average Bonchev–Trinajstić information content (AvgIpc) is 3.16. The van der Waals surface area contributed by atoms with Crippen molar-refractivity contribution in [2.45, 2.75) is 33.1 Å². The highest BCUT2D eigenvalue weighted by atomic mass is 35.5. The molecule has 0 radical (unpaired) electrons. The molecule has 0 aliphatic carbocycles. The van der Waals surface area contributed by atoms with E-state index in [4.69, 9.17) is 11.6 Å². The van der Waals surface area contributed by atoms with Crippen molar-refractivity contribution in [2.75, 3.05) is 5.32 Å². The topological polar surface area (TPSA) is 81.3 Å². The maximum absolute atomic E-state index is 12.9. The first-order chi connectivity index (χ1) is 14.9. The number of hydrogen-bond acceptors (Lipinski definition) is 4. The zero-order valence-electron chi connectivity index (χ0n) is 17.3. The fraction of sp³-hybridized carbons (Fsp3) is 0.217. The highest BCUT2D eigenvalue weighted by molar-refractivity contribution is 6.30. The Hall–Kier alpha value is -3.45. The van der Waals surface area contributed by atoms with Crippen molar-refractivity contribution in [1.82, 2.24) is 19.2 Å². The van der Waals surface area contributed by atoms with Crippen LogP contribution in [0, 0.1) is 13.8 Å². The summed E-state index contributed by atoms with van der Waals surface area (Å²) in [5.41, 5.74) is 3.81. The van der Waals surface area contributed by atoms with Gasteiger partial charge in [-0.1, -0.05) is 17.7 Å². The number of anilines is 1. The molecule has 0 unspecified atom stereocenters. The third-order valence-corrected chi connectivity index (χ3v) is 5.49. The molecule has 158 valence electrons. The van der Waals surface area contributed by atoms with E-state index < -0.39 is 0 Å². The summed E-state index contributed by atoms with van der Waals surface area (Å²) in [6.07, 6.45) is 4.95. The van der Waals surface area contributed by atoms with Gasteiger partial charge in [-0.15, -0.1) is 10.2 Å². The molecule has 0 spiro atoms. The minimum atomic E-state index is -0.231. The Labute approximate surface area is 184 Å². The monoisotopic (exact) mass is 435 g/mol. The van der Waals surface area contributed by atoms with Crippen LogP contribution in [-0.2, 0) is 11.2 Å². The summed E-state index contributed by atoms with van der Waals surface area (Å²) in [7, 11) is 0. The summed E-state index contributed by atoms with van der Waals surface area (Å²) in [5.74, 6) is 0.562. The van der Waals surface area contributed by atoms with Crippen molar-refractivity contribution in [3.8, 4) is 5.69 Å². The van der Waals surface area contributed by atoms with Gasteiger partial charge in [0, 0.05) is 41.6 Å². The predicted octanol–water partition coefficient (Wildman–Crippen LogP) is 4.11. The predicted molar refractivity (Wildman–Crippen MR) is 121 cm³/mol. The molecule has 0 bridgehead atoms. The molecule has 1 N–H and O–H groups in total. The summed E-state index contributed by atoms with van der Waals surface area (Å²) in [6.45, 7) is 4.05. The summed E-state index contributed by atoms with van der Waals surface area (Å²) in [5, 5.41) is 11.7. The van der Waals surface area contributed by atoms with Gasteiger partial charge in [0.05, 0.1) is 0 Å². The number of carbonyl (C=O) groups is 1. The molecule has 1 amide bonds. The van der Waals surface area contributed by atoms with Gasteiger partial charge in [0.2, 0.25) is 11.6 Å². The van der Waals surface area contributed by atoms with Gasteiger partial charge in [0.1, 0.15) is 5.82 Å². The van der Waals surface area contributed by atoms with Gasteiger partial charge in [-0.05, 0) is 67.8 Å². The lowest BCUT2D eigenvalue weighted by Crippen LogP contribution is -2.20. The Morgan fingerprint density at radius 1 is 1.03 bits per heavy atom. The number of rotatable bonds is 6. The number of nitrogens with one attached hydrogen (secondary N) is 1. The molecule has 0 atom stereocenters. The van der Waals surface area contributed by atoms with E-state index in [-0.39, 0.29) is 17.1 Å². The van der Waals surface area contributed by atoms with Crippen LogP contribution < -0.4 is 10.9 Å². The second-order valence-electron chi connectivity index (χ2n) is 7.46. The van der Waals surface area contributed by atoms with E-state index >= 15 is 0 Å². The van der Waals surface area contributed by atoms with Gasteiger partial charge in [-0.2, -0.15) is 0 Å². The molecule has 0 aliphatic rings. The molecule has 2 aromatic carbocycles. The molecular weight excluding hydrogens is 414 g/mol. The van der Waals surface area contributed by atoms with E-state index in [2.05, 4.69) is 15.5 Å². The minimum Gasteiger partial charge on any atom is -0.326 e. The Morgan fingerprint density at radius 3 is 2.55 bits per heavy atom. The van der Waals surface area contributed by atoms with Gasteiger partial charge in [-0.25, -0.2) is 0 Å². The molecule has 4 rings (SSSR count). The van der Waals surface area contributed by atoms with Crippen LogP contribution in [0.15, 0.2) is 59.7 Å². The highest BCUT2D eigenvalue weighted by Crippen LogP contribution is 2.15. The first kappa shape index (κ1) is 20.8. The van der Waals surface area contributed by atoms with Gasteiger partial charge in [0.15, 0.2) is 0 Å². The third kappa shape index (κ3) is 4.51. The maximum Gasteiger partial charge on any atom is 0.300 e. The molecule has 0 saturated carbocycles. The van der Waals surface area contributed by atoms with E-state index in [1.54, 1.807) is 45.6 Å². The lowest BCUT2D eigenvalue weighted by Gasteiger charge is -2.09. The van der Waals surface area contributed by atoms with Gasteiger partial charge in [0.25, 0.3) is 0 Å². The number of halogens is 1. The largest absolute Gasteiger partial charge is 0.326 e. The van der Waals surface area contributed by atoms with Crippen molar-refractivity contribution in [3.63, 3.8) is 0 Å². The molecule has 31 heavy (non-hydrogen) atoms. The fourth-order valence-corrected chi connectivity index (χ4v) is 3.47. The molecule has 0 saturated heterocycles. The first-order valence-electron chi connectivity index (χ1n) is 10.0.